The maximum Gasteiger partial charge on any atom is 0.420 e. The van der Waals surface area contributed by atoms with Crippen LogP contribution in [-0.2, 0) is 35.3 Å². The summed E-state index contributed by atoms with van der Waals surface area (Å²) in [5.41, 5.74) is -1.95. The molecule has 2 aromatic carbocycles. The molecular formula is C23H19F3N2O7S. The lowest BCUT2D eigenvalue weighted by Crippen LogP contribution is -2.27. The number of ether oxygens (including phenoxy) is 3. The Balaban J connectivity index is 2.10. The second-order valence-electron chi connectivity index (χ2n) is 7.11. The molecule has 0 unspecified atom stereocenters. The topological polar surface area (TPSA) is 125 Å². The zero-order chi connectivity index (χ0) is 26.7. The summed E-state index contributed by atoms with van der Waals surface area (Å²) in [5, 5.41) is 5.02. The van der Waals surface area contributed by atoms with Crippen LogP contribution >= 0.6 is 0 Å². The molecule has 0 spiro atoms. The highest BCUT2D eigenvalue weighted by Gasteiger charge is 2.36. The molecule has 0 amide bonds. The van der Waals surface area contributed by atoms with Gasteiger partial charge in [-0.2, -0.15) is 13.2 Å². The molecule has 0 bridgehead atoms. The van der Waals surface area contributed by atoms with E-state index in [4.69, 9.17) is 19.3 Å². The molecule has 0 atom stereocenters. The van der Waals surface area contributed by atoms with Crippen molar-refractivity contribution in [2.45, 2.75) is 11.1 Å². The molecule has 1 aliphatic rings. The van der Waals surface area contributed by atoms with E-state index >= 15 is 0 Å². The highest BCUT2D eigenvalue weighted by molar-refractivity contribution is 7.89. The Morgan fingerprint density at radius 2 is 1.58 bits per heavy atom. The standard InChI is InChI=1S/C23H19F3N2O7S/c1-33-21(29)17-5-3-4-12-28(20(17)22(30)34-2)14-6-11-19(18(13-14)23(24,25)26)35-15-7-9-16(10-8-15)36(27,31)32/h3-13H,1-2H3,(H2,27,31,32). The first-order chi connectivity index (χ1) is 16.9. The van der Waals surface area contributed by atoms with Gasteiger partial charge in [-0.1, -0.05) is 6.08 Å². The van der Waals surface area contributed by atoms with E-state index in [-0.39, 0.29) is 27.6 Å². The van der Waals surface area contributed by atoms with Gasteiger partial charge in [-0.15, -0.1) is 0 Å². The smallest absolute Gasteiger partial charge is 0.420 e. The molecule has 2 aromatic rings. The predicted molar refractivity (Wildman–Crippen MR) is 121 cm³/mol. The van der Waals surface area contributed by atoms with Gasteiger partial charge in [0, 0.05) is 11.9 Å². The second-order valence-corrected chi connectivity index (χ2v) is 8.67. The third kappa shape index (κ3) is 5.75. The van der Waals surface area contributed by atoms with Crippen LogP contribution in [0.2, 0.25) is 0 Å². The molecule has 1 heterocycles. The van der Waals surface area contributed by atoms with E-state index in [2.05, 4.69) is 0 Å². The SMILES string of the molecule is COC(=O)C1=C(C(=O)OC)N(c2ccc(Oc3ccc(S(N)(=O)=O)cc3)c(C(F)(F)F)c2)C=CC=C1. The lowest BCUT2D eigenvalue weighted by molar-refractivity contribution is -0.139. The van der Waals surface area contributed by atoms with Crippen LogP contribution in [0.4, 0.5) is 18.9 Å². The molecule has 0 saturated carbocycles. The Bertz CT molecular complexity index is 1380. The van der Waals surface area contributed by atoms with Crippen LogP contribution in [0.5, 0.6) is 11.5 Å². The van der Waals surface area contributed by atoms with E-state index in [1.54, 1.807) is 0 Å². The number of allylic oxidation sites excluding steroid dienone is 2. The average Bonchev–Trinajstić information content (AvgIpc) is 3.05. The summed E-state index contributed by atoms with van der Waals surface area (Å²) in [7, 11) is -1.86. The van der Waals surface area contributed by atoms with E-state index in [9.17, 15) is 31.2 Å². The van der Waals surface area contributed by atoms with E-state index in [0.29, 0.717) is 0 Å². The number of nitrogens with zero attached hydrogens (tertiary/aromatic N) is 1. The van der Waals surface area contributed by atoms with Crippen molar-refractivity contribution in [3.63, 3.8) is 0 Å². The summed E-state index contributed by atoms with van der Waals surface area (Å²) < 4.78 is 79.5. The van der Waals surface area contributed by atoms with E-state index < -0.39 is 39.5 Å². The van der Waals surface area contributed by atoms with Crippen molar-refractivity contribution >= 4 is 27.6 Å². The van der Waals surface area contributed by atoms with Gasteiger partial charge < -0.3 is 19.1 Å². The van der Waals surface area contributed by atoms with Crippen LogP contribution in [-0.4, -0.2) is 34.6 Å². The quantitative estimate of drug-likeness (QED) is 0.568. The van der Waals surface area contributed by atoms with Crippen LogP contribution in [0.3, 0.4) is 0 Å². The Kier molecular flexibility index (Phi) is 7.55. The number of rotatable bonds is 6. The van der Waals surface area contributed by atoms with Crippen molar-refractivity contribution in [2.75, 3.05) is 19.1 Å². The Hall–Kier alpha value is -4.10. The number of hydrogen-bond donors (Lipinski definition) is 1. The third-order valence-corrected chi connectivity index (χ3v) is 5.75. The van der Waals surface area contributed by atoms with Crippen LogP contribution in [0, 0.1) is 0 Å². The Labute approximate surface area is 203 Å². The average molecular weight is 524 g/mol. The fourth-order valence-corrected chi connectivity index (χ4v) is 3.68. The Morgan fingerprint density at radius 3 is 2.14 bits per heavy atom. The monoisotopic (exact) mass is 524 g/mol. The van der Waals surface area contributed by atoms with Crippen molar-refractivity contribution in [2.24, 2.45) is 5.14 Å². The maximum atomic E-state index is 14.0. The summed E-state index contributed by atoms with van der Waals surface area (Å²) in [4.78, 5) is 25.6. The van der Waals surface area contributed by atoms with E-state index in [1.807, 2.05) is 0 Å². The molecule has 3 rings (SSSR count). The normalized spacial score (nSPS) is 13.9. The summed E-state index contributed by atoms with van der Waals surface area (Å²) in [6.45, 7) is 0. The number of alkyl halides is 3. The van der Waals surface area contributed by atoms with Crippen LogP contribution in [0.1, 0.15) is 5.56 Å². The number of primary sulfonamides is 1. The van der Waals surface area contributed by atoms with Gasteiger partial charge >= 0.3 is 18.1 Å². The second kappa shape index (κ2) is 10.3. The number of anilines is 1. The van der Waals surface area contributed by atoms with Crippen LogP contribution < -0.4 is 14.8 Å². The predicted octanol–water partition coefficient (Wildman–Crippen LogP) is 3.64. The van der Waals surface area contributed by atoms with Crippen molar-refractivity contribution in [3.05, 3.63) is 83.7 Å². The van der Waals surface area contributed by atoms with Gasteiger partial charge in [0.1, 0.15) is 22.8 Å². The summed E-state index contributed by atoms with van der Waals surface area (Å²) in [6.07, 6.45) is 0.467. The molecular weight excluding hydrogens is 505 g/mol. The van der Waals surface area contributed by atoms with Crippen LogP contribution in [0.25, 0.3) is 0 Å². The fraction of sp³-hybridized carbons (Fsp3) is 0.130. The van der Waals surface area contributed by atoms with Crippen molar-refractivity contribution in [1.29, 1.82) is 0 Å². The van der Waals surface area contributed by atoms with Crippen molar-refractivity contribution in [1.82, 2.24) is 0 Å². The van der Waals surface area contributed by atoms with E-state index in [0.717, 1.165) is 55.5 Å². The number of carbonyl (C=O) groups excluding carboxylic acids is 2. The molecule has 0 aliphatic carbocycles. The zero-order valence-corrected chi connectivity index (χ0v) is 19.6. The summed E-state index contributed by atoms with van der Waals surface area (Å²) in [6, 6.07) is 7.45. The van der Waals surface area contributed by atoms with Gasteiger partial charge in [-0.25, -0.2) is 23.1 Å². The number of methoxy groups -OCH3 is 2. The molecule has 9 nitrogen and oxygen atoms in total. The fourth-order valence-electron chi connectivity index (χ4n) is 3.17. The minimum atomic E-state index is -4.89. The molecule has 13 heteroatoms. The number of halogens is 3. The minimum Gasteiger partial charge on any atom is -0.465 e. The third-order valence-electron chi connectivity index (χ3n) is 4.82. The number of sulfonamides is 1. The van der Waals surface area contributed by atoms with Gasteiger partial charge in [0.25, 0.3) is 0 Å². The summed E-state index contributed by atoms with van der Waals surface area (Å²) in [5.74, 6) is -2.57. The molecule has 190 valence electrons. The number of esters is 2. The highest BCUT2D eigenvalue weighted by Crippen LogP contribution is 2.41. The highest BCUT2D eigenvalue weighted by atomic mass is 32.2. The van der Waals surface area contributed by atoms with Crippen molar-refractivity contribution < 1.29 is 45.4 Å². The number of carbonyl (C=O) groups is 2. The number of benzene rings is 2. The van der Waals surface area contributed by atoms with Crippen molar-refractivity contribution in [3.8, 4) is 11.5 Å². The molecule has 0 aromatic heterocycles. The van der Waals surface area contributed by atoms with Gasteiger partial charge in [-0.05, 0) is 54.6 Å². The van der Waals surface area contributed by atoms with Crippen LogP contribution in [0.15, 0.2) is 83.1 Å². The first-order valence-corrected chi connectivity index (χ1v) is 11.5. The maximum absolute atomic E-state index is 14.0. The Morgan fingerprint density at radius 1 is 0.944 bits per heavy atom. The van der Waals surface area contributed by atoms with E-state index in [1.165, 1.54) is 30.5 Å². The molecule has 0 radical (unpaired) electrons. The van der Waals surface area contributed by atoms with Gasteiger partial charge in [0.2, 0.25) is 10.0 Å². The molecule has 2 N–H and O–H groups in total. The lowest BCUT2D eigenvalue weighted by atomic mass is 10.1. The first kappa shape index (κ1) is 26.5. The zero-order valence-electron chi connectivity index (χ0n) is 18.8. The lowest BCUT2D eigenvalue weighted by Gasteiger charge is -2.24. The first-order valence-electron chi connectivity index (χ1n) is 9.93. The molecule has 36 heavy (non-hydrogen) atoms. The molecule has 0 saturated heterocycles. The minimum absolute atomic E-state index is 0.0809. The van der Waals surface area contributed by atoms with Gasteiger partial charge in [0.15, 0.2) is 0 Å². The number of hydrogen-bond acceptors (Lipinski definition) is 8. The largest absolute Gasteiger partial charge is 0.465 e. The molecule has 0 fully saturated rings. The van der Waals surface area contributed by atoms with Gasteiger partial charge in [0.05, 0.1) is 24.7 Å². The molecule has 1 aliphatic heterocycles. The van der Waals surface area contributed by atoms with Gasteiger partial charge in [-0.3, -0.25) is 0 Å². The number of nitrogens with two attached hydrogens (primary N) is 1. The summed E-state index contributed by atoms with van der Waals surface area (Å²) >= 11 is 0.